The van der Waals surface area contributed by atoms with Crippen molar-refractivity contribution in [2.45, 2.75) is 6.42 Å². The fourth-order valence-electron chi connectivity index (χ4n) is 2.31. The average molecular weight is 398 g/mol. The number of nitrogens with zero attached hydrogens (tertiary/aromatic N) is 4. The number of aromatic nitrogens is 1. The molecule has 0 fully saturated rings. The van der Waals surface area contributed by atoms with Crippen LogP contribution in [0.5, 0.6) is 5.75 Å². The number of phenols is 1. The van der Waals surface area contributed by atoms with Gasteiger partial charge in [0, 0.05) is 12.4 Å². The van der Waals surface area contributed by atoms with E-state index in [0.717, 1.165) is 6.42 Å². The van der Waals surface area contributed by atoms with Crippen LogP contribution < -0.4 is 0 Å². The molecular weight excluding hydrogens is 384 g/mol. The predicted molar refractivity (Wildman–Crippen MR) is 102 cm³/mol. The minimum absolute atomic E-state index is 0.447. The Labute approximate surface area is 163 Å². The Morgan fingerprint density at radius 2 is 1.24 bits per heavy atom. The Morgan fingerprint density at radius 1 is 0.759 bits per heavy atom. The van der Waals surface area contributed by atoms with Crippen LogP contribution in [0.25, 0.3) is 0 Å². The van der Waals surface area contributed by atoms with Gasteiger partial charge in [-0.05, 0) is 29.7 Å². The number of benzene rings is 2. The zero-order valence-corrected chi connectivity index (χ0v) is 14.7. The van der Waals surface area contributed by atoms with E-state index in [1.165, 1.54) is 11.1 Å². The average Bonchev–Trinajstić information content (AvgIpc) is 2.69. The van der Waals surface area contributed by atoms with Crippen molar-refractivity contribution >= 4 is 17.1 Å². The lowest BCUT2D eigenvalue weighted by Gasteiger charge is -1.99. The number of hydrogen-bond donors (Lipinski definition) is 1. The molecule has 0 amide bonds. The first-order valence-corrected chi connectivity index (χ1v) is 8.02. The predicted octanol–water partition coefficient (Wildman–Crippen LogP) is 3.79. The summed E-state index contributed by atoms with van der Waals surface area (Å²) in [6, 6.07) is 15.4. The molecule has 1 N–H and O–H groups in total. The zero-order chi connectivity index (χ0) is 21.4. The van der Waals surface area contributed by atoms with Crippen LogP contribution in [-0.4, -0.2) is 24.9 Å². The molecule has 0 bridgehead atoms. The second-order valence-corrected chi connectivity index (χ2v) is 5.62. The Morgan fingerprint density at radius 3 is 1.69 bits per heavy atom. The molecule has 1 heterocycles. The lowest BCUT2D eigenvalue weighted by molar-refractivity contribution is -0.404. The number of nitro groups is 3. The summed E-state index contributed by atoms with van der Waals surface area (Å²) in [6.45, 7) is 0. The van der Waals surface area contributed by atoms with Crippen LogP contribution in [0.4, 0.5) is 17.1 Å². The van der Waals surface area contributed by atoms with Gasteiger partial charge < -0.3 is 5.11 Å². The van der Waals surface area contributed by atoms with E-state index < -0.39 is 37.6 Å². The highest BCUT2D eigenvalue weighted by Crippen LogP contribution is 2.38. The molecule has 0 atom stereocenters. The molecule has 0 aliphatic heterocycles. The molecule has 0 unspecified atom stereocenters. The summed E-state index contributed by atoms with van der Waals surface area (Å²) in [6.07, 6.45) is 4.65. The second-order valence-electron chi connectivity index (χ2n) is 5.62. The van der Waals surface area contributed by atoms with Gasteiger partial charge >= 0.3 is 11.4 Å². The second kappa shape index (κ2) is 9.50. The van der Waals surface area contributed by atoms with Crippen LogP contribution in [-0.2, 0) is 6.42 Å². The van der Waals surface area contributed by atoms with Gasteiger partial charge in [-0.15, -0.1) is 0 Å². The van der Waals surface area contributed by atoms with Gasteiger partial charge in [0.1, 0.15) is 0 Å². The highest BCUT2D eigenvalue weighted by atomic mass is 16.6. The van der Waals surface area contributed by atoms with Crippen LogP contribution in [0.1, 0.15) is 11.1 Å². The zero-order valence-electron chi connectivity index (χ0n) is 14.7. The van der Waals surface area contributed by atoms with Crippen molar-refractivity contribution in [3.63, 3.8) is 0 Å². The van der Waals surface area contributed by atoms with Gasteiger partial charge in [0.2, 0.25) is 0 Å². The summed E-state index contributed by atoms with van der Waals surface area (Å²) < 4.78 is 0. The minimum atomic E-state index is -1.21. The third-order valence-electron chi connectivity index (χ3n) is 3.66. The maximum absolute atomic E-state index is 10.4. The number of nitro benzene ring substituents is 3. The molecule has 0 spiro atoms. The molecule has 0 aliphatic rings. The molecule has 3 rings (SSSR count). The highest BCUT2D eigenvalue weighted by molar-refractivity contribution is 5.64. The summed E-state index contributed by atoms with van der Waals surface area (Å²) in [7, 11) is 0. The maximum atomic E-state index is 10.4. The van der Waals surface area contributed by atoms with Gasteiger partial charge in [0.25, 0.3) is 11.4 Å². The van der Waals surface area contributed by atoms with E-state index in [9.17, 15) is 30.3 Å². The molecule has 0 radical (unpaired) electrons. The van der Waals surface area contributed by atoms with E-state index in [1.807, 2.05) is 30.6 Å². The molecule has 1 aromatic heterocycles. The van der Waals surface area contributed by atoms with Gasteiger partial charge in [-0.2, -0.15) is 0 Å². The lowest BCUT2D eigenvalue weighted by Crippen LogP contribution is -1.97. The number of pyridine rings is 1. The van der Waals surface area contributed by atoms with Gasteiger partial charge in [-0.1, -0.05) is 30.3 Å². The van der Waals surface area contributed by atoms with Crippen LogP contribution in [0.2, 0.25) is 0 Å². The van der Waals surface area contributed by atoms with E-state index in [4.69, 9.17) is 5.11 Å². The number of aromatic hydroxyl groups is 1. The molecule has 3 aromatic rings. The quantitative estimate of drug-likeness (QED) is 0.501. The van der Waals surface area contributed by atoms with Crippen molar-refractivity contribution < 1.29 is 19.9 Å². The first kappa shape index (κ1) is 20.9. The van der Waals surface area contributed by atoms with E-state index >= 15 is 0 Å². The number of rotatable bonds is 5. The van der Waals surface area contributed by atoms with Crippen LogP contribution in [0.15, 0.2) is 67.0 Å². The fourth-order valence-corrected chi connectivity index (χ4v) is 2.31. The first-order valence-electron chi connectivity index (χ1n) is 8.02. The van der Waals surface area contributed by atoms with Crippen LogP contribution in [0, 0.1) is 30.3 Å². The molecule has 2 aromatic carbocycles. The summed E-state index contributed by atoms with van der Waals surface area (Å²) in [4.78, 5) is 31.8. The van der Waals surface area contributed by atoms with E-state index in [-0.39, 0.29) is 0 Å². The molecule has 0 aliphatic carbocycles. The van der Waals surface area contributed by atoms with Gasteiger partial charge in [-0.25, -0.2) is 0 Å². The van der Waals surface area contributed by atoms with E-state index in [1.54, 1.807) is 0 Å². The number of non-ortho nitro benzene ring substituents is 1. The van der Waals surface area contributed by atoms with Crippen LogP contribution >= 0.6 is 0 Å². The van der Waals surface area contributed by atoms with E-state index in [0.29, 0.717) is 12.1 Å². The van der Waals surface area contributed by atoms with Crippen molar-refractivity contribution in [2.24, 2.45) is 0 Å². The van der Waals surface area contributed by atoms with Gasteiger partial charge in [0.05, 0.1) is 26.9 Å². The number of phenolic OH excluding ortho intramolecular Hbond substituents is 1. The van der Waals surface area contributed by atoms with Gasteiger partial charge in [-0.3, -0.25) is 35.3 Å². The van der Waals surface area contributed by atoms with Crippen molar-refractivity contribution in [3.8, 4) is 5.75 Å². The summed E-state index contributed by atoms with van der Waals surface area (Å²) in [5.74, 6) is -1.21. The van der Waals surface area contributed by atoms with Crippen molar-refractivity contribution in [2.75, 3.05) is 0 Å². The molecule has 148 valence electrons. The third-order valence-corrected chi connectivity index (χ3v) is 3.66. The third kappa shape index (κ3) is 5.79. The lowest BCUT2D eigenvalue weighted by atomic mass is 10.1. The van der Waals surface area contributed by atoms with Crippen molar-refractivity contribution in [1.82, 2.24) is 4.98 Å². The first-order chi connectivity index (χ1) is 13.8. The monoisotopic (exact) mass is 398 g/mol. The van der Waals surface area contributed by atoms with Gasteiger partial charge in [0.15, 0.2) is 0 Å². The topological polar surface area (TPSA) is 163 Å². The smallest absolute Gasteiger partial charge is 0.324 e. The molecule has 29 heavy (non-hydrogen) atoms. The molecular formula is C18H14N4O7. The van der Waals surface area contributed by atoms with Crippen molar-refractivity contribution in [1.29, 1.82) is 0 Å². The summed E-state index contributed by atoms with van der Waals surface area (Å²) in [5, 5.41) is 40.2. The number of hydrogen-bond acceptors (Lipinski definition) is 8. The Balaban J connectivity index is 0.000000211. The Hall–Kier alpha value is -4.41. The largest absolute Gasteiger partial charge is 0.497 e. The van der Waals surface area contributed by atoms with E-state index in [2.05, 4.69) is 29.2 Å². The molecule has 0 saturated carbocycles. The Bertz CT molecular complexity index is 954. The highest BCUT2D eigenvalue weighted by Gasteiger charge is 2.30. The summed E-state index contributed by atoms with van der Waals surface area (Å²) in [5.41, 5.74) is -0.354. The SMILES string of the molecule is O=[N+]([O-])c1cc([N+](=O)[O-])c(O)c([N+](=O)[O-])c1.c1ccc(Cc2ccncc2)cc1. The molecule has 11 heteroatoms. The molecule has 11 nitrogen and oxygen atoms in total. The fraction of sp³-hybridized carbons (Fsp3) is 0.0556. The normalized spacial score (nSPS) is 9.79. The minimum Gasteiger partial charge on any atom is -0.497 e. The van der Waals surface area contributed by atoms with Crippen molar-refractivity contribution in [3.05, 3.63) is 108 Å². The standard InChI is InChI=1S/C12H11N.C6H3N3O7/c1-2-4-11(5-3-1)10-12-6-8-13-9-7-12;10-6-4(8(13)14)1-3(7(11)12)2-5(6)9(15)16/h1-9H,10H2;1-2,10H. The molecule has 0 saturated heterocycles. The Kier molecular flexibility index (Phi) is 6.85. The summed E-state index contributed by atoms with van der Waals surface area (Å²) >= 11 is 0. The maximum Gasteiger partial charge on any atom is 0.324 e. The van der Waals surface area contributed by atoms with Crippen LogP contribution in [0.3, 0.4) is 0 Å².